The van der Waals surface area contributed by atoms with Gasteiger partial charge in [-0.25, -0.2) is 0 Å². The van der Waals surface area contributed by atoms with E-state index in [1.165, 1.54) is 44.1 Å². The first-order valence-electron chi connectivity index (χ1n) is 10.8. The van der Waals surface area contributed by atoms with Crippen LogP contribution in [0.4, 0.5) is 0 Å². The van der Waals surface area contributed by atoms with E-state index in [1.807, 2.05) is 19.2 Å². The van der Waals surface area contributed by atoms with Gasteiger partial charge in [0.15, 0.2) is 0 Å². The first-order valence-corrected chi connectivity index (χ1v) is 11.2. The first kappa shape index (κ1) is 19.3. The van der Waals surface area contributed by atoms with E-state index in [0.717, 1.165) is 49.3 Å². The molecule has 27 heavy (non-hydrogen) atoms. The predicted octanol–water partition coefficient (Wildman–Crippen LogP) is 4.54. The maximum absolute atomic E-state index is 13.8. The molecule has 148 valence electrons. The van der Waals surface area contributed by atoms with Gasteiger partial charge in [-0.15, -0.1) is 0 Å². The van der Waals surface area contributed by atoms with Gasteiger partial charge in [-0.1, -0.05) is 30.2 Å². The molecule has 1 saturated heterocycles. The zero-order valence-electron chi connectivity index (χ0n) is 16.6. The Balaban J connectivity index is 1.48. The fraction of sp³-hybridized carbons (Fsp3) is 0.696. The SMILES string of the molecule is CNCCC1CCN(C(=O)C2(Cc3ccc(Cl)cc3)CC3CCC2C3)CC1. The van der Waals surface area contributed by atoms with Crippen LogP contribution in [0, 0.1) is 23.2 Å². The molecule has 2 bridgehead atoms. The zero-order valence-corrected chi connectivity index (χ0v) is 17.3. The number of rotatable bonds is 6. The minimum absolute atomic E-state index is 0.158. The molecular formula is C23H33ClN2O. The molecule has 0 aromatic heterocycles. The van der Waals surface area contributed by atoms with Crippen LogP contribution < -0.4 is 5.32 Å². The van der Waals surface area contributed by atoms with Crippen molar-refractivity contribution in [1.82, 2.24) is 10.2 Å². The van der Waals surface area contributed by atoms with Crippen molar-refractivity contribution in [3.05, 3.63) is 34.9 Å². The summed E-state index contributed by atoms with van der Waals surface area (Å²) in [7, 11) is 2.02. The molecule has 3 fully saturated rings. The number of fused-ring (bicyclic) bond motifs is 2. The normalized spacial score (nSPS) is 30.8. The Kier molecular flexibility index (Phi) is 5.80. The van der Waals surface area contributed by atoms with Gasteiger partial charge in [-0.05, 0) is 94.0 Å². The average Bonchev–Trinajstić information content (AvgIpc) is 3.30. The van der Waals surface area contributed by atoms with Crippen LogP contribution in [0.2, 0.25) is 5.02 Å². The Labute approximate surface area is 168 Å². The van der Waals surface area contributed by atoms with Crippen LogP contribution in [0.15, 0.2) is 24.3 Å². The van der Waals surface area contributed by atoms with Crippen LogP contribution in [0.25, 0.3) is 0 Å². The number of benzene rings is 1. The van der Waals surface area contributed by atoms with Gasteiger partial charge in [0.1, 0.15) is 0 Å². The smallest absolute Gasteiger partial charge is 0.229 e. The number of piperidine rings is 1. The molecule has 3 aliphatic rings. The molecule has 1 aromatic carbocycles. The number of hydrogen-bond donors (Lipinski definition) is 1. The summed E-state index contributed by atoms with van der Waals surface area (Å²) in [5, 5.41) is 4.03. The summed E-state index contributed by atoms with van der Waals surface area (Å²) in [6.45, 7) is 2.99. The van der Waals surface area contributed by atoms with Gasteiger partial charge in [-0.3, -0.25) is 4.79 Å². The van der Waals surface area contributed by atoms with Gasteiger partial charge in [0.2, 0.25) is 5.91 Å². The zero-order chi connectivity index (χ0) is 18.9. The van der Waals surface area contributed by atoms with Crippen molar-refractivity contribution in [3.63, 3.8) is 0 Å². The van der Waals surface area contributed by atoms with Crippen LogP contribution in [0.3, 0.4) is 0 Å². The van der Waals surface area contributed by atoms with Gasteiger partial charge >= 0.3 is 0 Å². The number of carbonyl (C=O) groups is 1. The molecule has 1 heterocycles. The van der Waals surface area contributed by atoms with Gasteiger partial charge in [0.05, 0.1) is 5.41 Å². The number of carbonyl (C=O) groups excluding carboxylic acids is 1. The second kappa shape index (κ2) is 8.13. The number of nitrogens with zero attached hydrogens (tertiary/aromatic N) is 1. The second-order valence-electron chi connectivity index (χ2n) is 9.17. The van der Waals surface area contributed by atoms with Crippen molar-refractivity contribution in [2.24, 2.45) is 23.2 Å². The highest BCUT2D eigenvalue weighted by Gasteiger charge is 2.56. The van der Waals surface area contributed by atoms with Crippen molar-refractivity contribution in [1.29, 1.82) is 0 Å². The monoisotopic (exact) mass is 388 g/mol. The molecule has 3 nitrogen and oxygen atoms in total. The number of amides is 1. The predicted molar refractivity (Wildman–Crippen MR) is 111 cm³/mol. The molecule has 0 radical (unpaired) electrons. The molecule has 2 aliphatic carbocycles. The van der Waals surface area contributed by atoms with E-state index in [1.54, 1.807) is 0 Å². The van der Waals surface area contributed by atoms with Crippen molar-refractivity contribution >= 4 is 17.5 Å². The molecule has 4 heteroatoms. The van der Waals surface area contributed by atoms with Crippen molar-refractivity contribution in [3.8, 4) is 0 Å². The molecule has 0 spiro atoms. The largest absolute Gasteiger partial charge is 0.342 e. The maximum Gasteiger partial charge on any atom is 0.229 e. The average molecular weight is 389 g/mol. The minimum atomic E-state index is -0.158. The minimum Gasteiger partial charge on any atom is -0.342 e. The van der Waals surface area contributed by atoms with Crippen molar-refractivity contribution in [2.75, 3.05) is 26.7 Å². The molecular weight excluding hydrogens is 356 g/mol. The molecule has 1 aliphatic heterocycles. The Morgan fingerprint density at radius 3 is 2.52 bits per heavy atom. The van der Waals surface area contributed by atoms with E-state index in [9.17, 15) is 4.79 Å². The third-order valence-electron chi connectivity index (χ3n) is 7.54. The number of nitrogens with one attached hydrogen (secondary N) is 1. The highest BCUT2D eigenvalue weighted by molar-refractivity contribution is 6.30. The second-order valence-corrected chi connectivity index (χ2v) is 9.60. The van der Waals surface area contributed by atoms with Gasteiger partial charge < -0.3 is 10.2 Å². The summed E-state index contributed by atoms with van der Waals surface area (Å²) in [6, 6.07) is 8.17. The van der Waals surface area contributed by atoms with Gasteiger partial charge in [0, 0.05) is 18.1 Å². The summed E-state index contributed by atoms with van der Waals surface area (Å²) >= 11 is 6.08. The molecule has 1 N–H and O–H groups in total. The fourth-order valence-electron chi connectivity index (χ4n) is 6.05. The summed E-state index contributed by atoms with van der Waals surface area (Å²) in [5.41, 5.74) is 1.11. The van der Waals surface area contributed by atoms with Crippen LogP contribution in [-0.4, -0.2) is 37.5 Å². The highest BCUT2D eigenvalue weighted by Crippen LogP contribution is 2.58. The third-order valence-corrected chi connectivity index (χ3v) is 7.79. The highest BCUT2D eigenvalue weighted by atomic mass is 35.5. The number of hydrogen-bond acceptors (Lipinski definition) is 2. The summed E-state index contributed by atoms with van der Waals surface area (Å²) in [6.07, 6.45) is 9.38. The van der Waals surface area contributed by atoms with Crippen LogP contribution >= 0.6 is 11.6 Å². The maximum atomic E-state index is 13.8. The summed E-state index contributed by atoms with van der Waals surface area (Å²) in [4.78, 5) is 16.0. The van der Waals surface area contributed by atoms with Crippen molar-refractivity contribution < 1.29 is 4.79 Å². The van der Waals surface area contributed by atoms with Crippen LogP contribution in [0.1, 0.15) is 50.5 Å². The number of likely N-dealkylation sites (tertiary alicyclic amines) is 1. The Morgan fingerprint density at radius 2 is 1.93 bits per heavy atom. The lowest BCUT2D eigenvalue weighted by Gasteiger charge is -2.43. The third kappa shape index (κ3) is 3.91. The summed E-state index contributed by atoms with van der Waals surface area (Å²) < 4.78 is 0. The molecule has 4 rings (SSSR count). The van der Waals surface area contributed by atoms with E-state index in [2.05, 4.69) is 22.3 Å². The van der Waals surface area contributed by atoms with E-state index in [4.69, 9.17) is 11.6 Å². The van der Waals surface area contributed by atoms with E-state index in [0.29, 0.717) is 11.8 Å². The Bertz CT molecular complexity index is 653. The van der Waals surface area contributed by atoms with Gasteiger partial charge in [-0.2, -0.15) is 0 Å². The lowest BCUT2D eigenvalue weighted by molar-refractivity contribution is -0.147. The lowest BCUT2D eigenvalue weighted by Crippen LogP contribution is -2.50. The molecule has 3 atom stereocenters. The van der Waals surface area contributed by atoms with E-state index >= 15 is 0 Å². The standard InChI is InChI=1S/C23H33ClN2O/c1-25-11-8-17-9-12-26(13-10-17)22(27)23(16-19-2-5-20(23)14-19)15-18-3-6-21(24)7-4-18/h3-4,6-7,17,19-20,25H,2,5,8-16H2,1H3. The Hall–Kier alpha value is -1.06. The molecule has 1 amide bonds. The van der Waals surface area contributed by atoms with Crippen molar-refractivity contribution in [2.45, 2.75) is 51.4 Å². The first-order chi connectivity index (χ1) is 13.1. The molecule has 2 saturated carbocycles. The van der Waals surface area contributed by atoms with Crippen LogP contribution in [0.5, 0.6) is 0 Å². The van der Waals surface area contributed by atoms with E-state index in [-0.39, 0.29) is 5.41 Å². The lowest BCUT2D eigenvalue weighted by atomic mass is 9.68. The molecule has 3 unspecified atom stereocenters. The molecule has 1 aromatic rings. The van der Waals surface area contributed by atoms with E-state index < -0.39 is 0 Å². The Morgan fingerprint density at radius 1 is 1.19 bits per heavy atom. The quantitative estimate of drug-likeness (QED) is 0.776. The van der Waals surface area contributed by atoms with Gasteiger partial charge in [0.25, 0.3) is 0 Å². The topological polar surface area (TPSA) is 32.3 Å². The fourth-order valence-corrected chi connectivity index (χ4v) is 6.18. The number of halogens is 1. The summed E-state index contributed by atoms with van der Waals surface area (Å²) in [5.74, 6) is 2.57. The van der Waals surface area contributed by atoms with Crippen LogP contribution in [-0.2, 0) is 11.2 Å².